The quantitative estimate of drug-likeness (QED) is 0.929. The van der Waals surface area contributed by atoms with Crippen molar-refractivity contribution in [2.24, 2.45) is 0 Å². The molecule has 1 atom stereocenters. The minimum atomic E-state index is -0.963. The molecule has 0 aliphatic carbocycles. The van der Waals surface area contributed by atoms with E-state index < -0.39 is 11.4 Å². The van der Waals surface area contributed by atoms with Crippen molar-refractivity contribution in [1.82, 2.24) is 4.98 Å². The minimum absolute atomic E-state index is 0.0106. The van der Waals surface area contributed by atoms with Crippen LogP contribution in [0.1, 0.15) is 12.5 Å². The molecule has 0 saturated heterocycles. The number of rotatable bonds is 3. The second-order valence-corrected chi connectivity index (χ2v) is 4.64. The van der Waals surface area contributed by atoms with Gasteiger partial charge >= 0.3 is 0 Å². The summed E-state index contributed by atoms with van der Waals surface area (Å²) in [6.45, 7) is 1.72. The first kappa shape index (κ1) is 13.3. The molecule has 0 aliphatic rings. The molecular formula is C14H11ClFN3. The molecule has 2 rings (SSSR count). The number of aromatic nitrogens is 1. The van der Waals surface area contributed by atoms with E-state index in [1.165, 1.54) is 18.2 Å². The van der Waals surface area contributed by atoms with E-state index in [0.29, 0.717) is 5.69 Å². The number of nitrogens with one attached hydrogen (secondary N) is 1. The Morgan fingerprint density at radius 2 is 2.21 bits per heavy atom. The smallest absolute Gasteiger partial charge is 0.149 e. The molecular weight excluding hydrogens is 265 g/mol. The van der Waals surface area contributed by atoms with Crippen molar-refractivity contribution in [3.05, 3.63) is 59.1 Å². The summed E-state index contributed by atoms with van der Waals surface area (Å²) in [4.78, 5) is 3.99. The third-order valence-electron chi connectivity index (χ3n) is 2.78. The number of nitrogens with zero attached hydrogens (tertiary/aromatic N) is 2. The van der Waals surface area contributed by atoms with Gasteiger partial charge in [-0.3, -0.25) is 4.98 Å². The highest BCUT2D eigenvalue weighted by molar-refractivity contribution is 6.31. The number of anilines is 1. The number of halogens is 2. The van der Waals surface area contributed by atoms with E-state index in [2.05, 4.69) is 16.4 Å². The lowest BCUT2D eigenvalue weighted by Gasteiger charge is -2.24. The predicted molar refractivity (Wildman–Crippen MR) is 72.2 cm³/mol. The van der Waals surface area contributed by atoms with E-state index in [4.69, 9.17) is 11.6 Å². The van der Waals surface area contributed by atoms with E-state index >= 15 is 0 Å². The lowest BCUT2D eigenvalue weighted by Crippen LogP contribution is -2.30. The third-order valence-corrected chi connectivity index (χ3v) is 3.07. The van der Waals surface area contributed by atoms with Crippen molar-refractivity contribution in [3.63, 3.8) is 0 Å². The van der Waals surface area contributed by atoms with Crippen LogP contribution in [0.15, 0.2) is 42.7 Å². The van der Waals surface area contributed by atoms with Gasteiger partial charge < -0.3 is 5.32 Å². The first-order chi connectivity index (χ1) is 9.05. The zero-order chi connectivity index (χ0) is 13.9. The van der Waals surface area contributed by atoms with Crippen LogP contribution in [0.3, 0.4) is 0 Å². The average molecular weight is 276 g/mol. The molecule has 0 bridgehead atoms. The molecule has 0 saturated carbocycles. The zero-order valence-electron chi connectivity index (χ0n) is 10.2. The van der Waals surface area contributed by atoms with E-state index in [0.717, 1.165) is 5.56 Å². The van der Waals surface area contributed by atoms with Crippen LogP contribution < -0.4 is 5.32 Å². The van der Waals surface area contributed by atoms with Gasteiger partial charge in [0.1, 0.15) is 11.4 Å². The SMILES string of the molecule is CC(C#N)(Nc1ccc(F)c(Cl)c1)c1cccnc1. The molecule has 5 heteroatoms. The Morgan fingerprint density at radius 3 is 2.79 bits per heavy atom. The van der Waals surface area contributed by atoms with E-state index in [1.807, 2.05) is 0 Å². The Kier molecular flexibility index (Phi) is 3.68. The summed E-state index contributed by atoms with van der Waals surface area (Å²) in [5.41, 5.74) is 0.326. The number of benzene rings is 1. The second-order valence-electron chi connectivity index (χ2n) is 4.23. The molecule has 1 N–H and O–H groups in total. The number of pyridine rings is 1. The topological polar surface area (TPSA) is 48.7 Å². The van der Waals surface area contributed by atoms with Crippen molar-refractivity contribution in [3.8, 4) is 6.07 Å². The maximum Gasteiger partial charge on any atom is 0.149 e. The molecule has 3 nitrogen and oxygen atoms in total. The van der Waals surface area contributed by atoms with Crippen LogP contribution in [0.5, 0.6) is 0 Å². The lowest BCUT2D eigenvalue weighted by atomic mass is 9.95. The summed E-state index contributed by atoms with van der Waals surface area (Å²) in [5.74, 6) is -0.493. The monoisotopic (exact) mass is 275 g/mol. The predicted octanol–water partition coefficient (Wildman–Crippen LogP) is 3.72. The van der Waals surface area contributed by atoms with E-state index in [-0.39, 0.29) is 5.02 Å². The lowest BCUT2D eigenvalue weighted by molar-refractivity contribution is 0.627. The largest absolute Gasteiger partial charge is 0.364 e. The van der Waals surface area contributed by atoms with Crippen molar-refractivity contribution in [1.29, 1.82) is 5.26 Å². The van der Waals surface area contributed by atoms with Crippen LogP contribution in [0.2, 0.25) is 5.02 Å². The first-order valence-electron chi connectivity index (χ1n) is 5.60. The second kappa shape index (κ2) is 5.25. The summed E-state index contributed by atoms with van der Waals surface area (Å²) >= 11 is 5.72. The molecule has 1 aromatic heterocycles. The Balaban J connectivity index is 2.34. The normalized spacial score (nSPS) is 13.4. The van der Waals surface area contributed by atoms with Crippen LogP contribution in [0.25, 0.3) is 0 Å². The van der Waals surface area contributed by atoms with Crippen LogP contribution in [-0.2, 0) is 5.54 Å². The summed E-state index contributed by atoms with van der Waals surface area (Å²) in [5, 5.41) is 12.4. The minimum Gasteiger partial charge on any atom is -0.364 e. The van der Waals surface area contributed by atoms with Gasteiger partial charge in [0.25, 0.3) is 0 Å². The van der Waals surface area contributed by atoms with Gasteiger partial charge in [-0.25, -0.2) is 4.39 Å². The molecule has 0 aliphatic heterocycles. The van der Waals surface area contributed by atoms with Gasteiger partial charge in [-0.05, 0) is 31.2 Å². The standard InChI is InChI=1S/C14H11ClFN3/c1-14(9-17,10-3-2-6-18-8-10)19-11-4-5-13(16)12(15)7-11/h2-8,19H,1H3. The van der Waals surface area contributed by atoms with Gasteiger partial charge in [0.15, 0.2) is 0 Å². The van der Waals surface area contributed by atoms with Crippen LogP contribution in [0, 0.1) is 17.1 Å². The summed E-state index contributed by atoms with van der Waals surface area (Å²) in [6, 6.07) is 9.98. The summed E-state index contributed by atoms with van der Waals surface area (Å²) < 4.78 is 13.1. The number of hydrogen-bond donors (Lipinski definition) is 1. The first-order valence-corrected chi connectivity index (χ1v) is 5.98. The molecule has 0 spiro atoms. The highest BCUT2D eigenvalue weighted by Crippen LogP contribution is 2.27. The van der Waals surface area contributed by atoms with Crippen molar-refractivity contribution >= 4 is 17.3 Å². The van der Waals surface area contributed by atoms with Crippen LogP contribution in [-0.4, -0.2) is 4.98 Å². The maximum atomic E-state index is 13.1. The summed E-state index contributed by atoms with van der Waals surface area (Å²) in [6.07, 6.45) is 3.25. The number of nitriles is 1. The van der Waals surface area contributed by atoms with Crippen molar-refractivity contribution in [2.45, 2.75) is 12.5 Å². The summed E-state index contributed by atoms with van der Waals surface area (Å²) in [7, 11) is 0. The van der Waals surface area contributed by atoms with Gasteiger partial charge in [-0.1, -0.05) is 17.7 Å². The van der Waals surface area contributed by atoms with Gasteiger partial charge in [0.2, 0.25) is 0 Å². The molecule has 19 heavy (non-hydrogen) atoms. The van der Waals surface area contributed by atoms with E-state index in [1.54, 1.807) is 31.5 Å². The molecule has 1 heterocycles. The molecule has 0 radical (unpaired) electrons. The Morgan fingerprint density at radius 1 is 1.42 bits per heavy atom. The highest BCUT2D eigenvalue weighted by Gasteiger charge is 2.26. The molecule has 1 unspecified atom stereocenters. The fraction of sp³-hybridized carbons (Fsp3) is 0.143. The molecule has 0 amide bonds. The Hall–Kier alpha value is -2.12. The van der Waals surface area contributed by atoms with E-state index in [9.17, 15) is 9.65 Å². The van der Waals surface area contributed by atoms with Crippen LogP contribution in [0.4, 0.5) is 10.1 Å². The maximum absolute atomic E-state index is 13.1. The molecule has 96 valence electrons. The molecule has 0 fully saturated rings. The molecule has 2 aromatic rings. The van der Waals surface area contributed by atoms with Crippen molar-refractivity contribution in [2.75, 3.05) is 5.32 Å². The fourth-order valence-electron chi connectivity index (χ4n) is 1.69. The zero-order valence-corrected chi connectivity index (χ0v) is 10.9. The Labute approximate surface area is 115 Å². The Bertz CT molecular complexity index is 624. The third kappa shape index (κ3) is 2.83. The van der Waals surface area contributed by atoms with Gasteiger partial charge in [-0.15, -0.1) is 0 Å². The number of hydrogen-bond acceptors (Lipinski definition) is 3. The average Bonchev–Trinajstić information content (AvgIpc) is 2.44. The van der Waals surface area contributed by atoms with Gasteiger partial charge in [0, 0.05) is 23.6 Å². The van der Waals surface area contributed by atoms with Gasteiger partial charge in [0.05, 0.1) is 11.1 Å². The van der Waals surface area contributed by atoms with Gasteiger partial charge in [-0.2, -0.15) is 5.26 Å². The molecule has 1 aromatic carbocycles. The highest BCUT2D eigenvalue weighted by atomic mass is 35.5. The van der Waals surface area contributed by atoms with Crippen LogP contribution >= 0.6 is 11.6 Å². The van der Waals surface area contributed by atoms with Crippen molar-refractivity contribution < 1.29 is 4.39 Å². The fourth-order valence-corrected chi connectivity index (χ4v) is 1.87.